The van der Waals surface area contributed by atoms with Crippen LogP contribution in [-0.4, -0.2) is 42.4 Å². The van der Waals surface area contributed by atoms with Gasteiger partial charge in [0.25, 0.3) is 0 Å². The largest absolute Gasteiger partial charge is 0.444 e. The molecule has 22 heavy (non-hydrogen) atoms. The Bertz CT molecular complexity index is 539. The lowest BCUT2D eigenvalue weighted by Crippen LogP contribution is -2.56. The summed E-state index contributed by atoms with van der Waals surface area (Å²) in [7, 11) is 0. The first-order valence-corrected chi connectivity index (χ1v) is 7.66. The number of benzene rings is 1. The summed E-state index contributed by atoms with van der Waals surface area (Å²) >= 11 is 5.95. The van der Waals surface area contributed by atoms with E-state index in [4.69, 9.17) is 21.1 Å². The van der Waals surface area contributed by atoms with Gasteiger partial charge in [0.05, 0.1) is 25.8 Å². The molecule has 0 atom stereocenters. The van der Waals surface area contributed by atoms with Crippen LogP contribution in [0.5, 0.6) is 0 Å². The van der Waals surface area contributed by atoms with E-state index in [1.165, 1.54) is 12.1 Å². The summed E-state index contributed by atoms with van der Waals surface area (Å²) in [5, 5.41) is 0.410. The monoisotopic (exact) mass is 329 g/mol. The van der Waals surface area contributed by atoms with Crippen molar-refractivity contribution < 1.29 is 18.7 Å². The van der Waals surface area contributed by atoms with Crippen LogP contribution in [0.4, 0.5) is 9.18 Å². The van der Waals surface area contributed by atoms with Crippen molar-refractivity contribution in [2.24, 2.45) is 0 Å². The second-order valence-electron chi connectivity index (χ2n) is 6.36. The number of ether oxygens (including phenoxy) is 2. The second kappa shape index (κ2) is 6.84. The summed E-state index contributed by atoms with van der Waals surface area (Å²) in [6, 6.07) is 4.34. The first-order valence-electron chi connectivity index (χ1n) is 7.28. The minimum atomic E-state index is -0.484. The van der Waals surface area contributed by atoms with Crippen molar-refractivity contribution in [3.8, 4) is 0 Å². The molecule has 1 aromatic rings. The molecular formula is C16H21ClFNO3. The lowest BCUT2D eigenvalue weighted by molar-refractivity contribution is -0.0622. The molecular weight excluding hydrogens is 309 g/mol. The van der Waals surface area contributed by atoms with E-state index in [1.807, 2.05) is 20.8 Å². The number of carbonyl (C=O) groups is 1. The summed E-state index contributed by atoms with van der Waals surface area (Å²) < 4.78 is 23.9. The van der Waals surface area contributed by atoms with Gasteiger partial charge in [-0.15, -0.1) is 0 Å². The highest BCUT2D eigenvalue weighted by Gasteiger charge is 2.34. The fraction of sp³-hybridized carbons (Fsp3) is 0.562. The molecule has 1 heterocycles. The SMILES string of the molecule is CC(C)(C)OC(=O)N1CC(OCCc2ccc(F)cc2Cl)C1. The van der Waals surface area contributed by atoms with Crippen LogP contribution in [0.2, 0.25) is 5.02 Å². The summed E-state index contributed by atoms with van der Waals surface area (Å²) in [6.07, 6.45) is 0.322. The standard InChI is InChI=1S/C16H21ClFNO3/c1-16(2,3)22-15(20)19-9-13(10-19)21-7-6-11-4-5-12(18)8-14(11)17/h4-5,8,13H,6-7,9-10H2,1-3H3. The Morgan fingerprint density at radius 3 is 2.68 bits per heavy atom. The fourth-order valence-electron chi connectivity index (χ4n) is 2.08. The van der Waals surface area contributed by atoms with Gasteiger partial charge in [-0.25, -0.2) is 9.18 Å². The molecule has 0 bridgehead atoms. The van der Waals surface area contributed by atoms with Gasteiger partial charge in [-0.05, 0) is 44.9 Å². The average Bonchev–Trinajstić information content (AvgIpc) is 2.31. The van der Waals surface area contributed by atoms with Crippen LogP contribution in [-0.2, 0) is 15.9 Å². The second-order valence-corrected chi connectivity index (χ2v) is 6.77. The van der Waals surface area contributed by atoms with E-state index in [-0.39, 0.29) is 18.0 Å². The van der Waals surface area contributed by atoms with E-state index in [1.54, 1.807) is 11.0 Å². The van der Waals surface area contributed by atoms with Crippen LogP contribution in [0.15, 0.2) is 18.2 Å². The molecule has 0 N–H and O–H groups in total. The average molecular weight is 330 g/mol. The molecule has 0 spiro atoms. The molecule has 122 valence electrons. The van der Waals surface area contributed by atoms with Crippen molar-refractivity contribution in [3.63, 3.8) is 0 Å². The third-order valence-corrected chi connectivity index (χ3v) is 3.59. The molecule has 4 nitrogen and oxygen atoms in total. The zero-order valence-corrected chi connectivity index (χ0v) is 13.8. The van der Waals surface area contributed by atoms with Crippen molar-refractivity contribution >= 4 is 17.7 Å². The molecule has 0 aromatic heterocycles. The number of nitrogens with zero attached hydrogens (tertiary/aromatic N) is 1. The number of halogens is 2. The molecule has 6 heteroatoms. The highest BCUT2D eigenvalue weighted by Crippen LogP contribution is 2.20. The molecule has 0 aliphatic carbocycles. The Kier molecular flexibility index (Phi) is 5.29. The van der Waals surface area contributed by atoms with Gasteiger partial charge in [-0.1, -0.05) is 17.7 Å². The Hall–Kier alpha value is -1.33. The Balaban J connectivity index is 1.67. The molecule has 1 saturated heterocycles. The number of hydrogen-bond donors (Lipinski definition) is 0. The Morgan fingerprint density at radius 1 is 1.41 bits per heavy atom. The highest BCUT2D eigenvalue weighted by molar-refractivity contribution is 6.31. The van der Waals surface area contributed by atoms with Crippen molar-refractivity contribution in [1.82, 2.24) is 4.90 Å². The number of hydrogen-bond acceptors (Lipinski definition) is 3. The van der Waals surface area contributed by atoms with Gasteiger partial charge >= 0.3 is 6.09 Å². The van der Waals surface area contributed by atoms with Gasteiger partial charge in [-0.2, -0.15) is 0 Å². The third kappa shape index (κ3) is 4.85. The topological polar surface area (TPSA) is 38.8 Å². The van der Waals surface area contributed by atoms with Gasteiger partial charge < -0.3 is 14.4 Å². The zero-order chi connectivity index (χ0) is 16.3. The van der Waals surface area contributed by atoms with E-state index in [9.17, 15) is 9.18 Å². The van der Waals surface area contributed by atoms with E-state index >= 15 is 0 Å². The molecule has 1 aromatic carbocycles. The van der Waals surface area contributed by atoms with Crippen LogP contribution in [0.3, 0.4) is 0 Å². The van der Waals surface area contributed by atoms with Crippen LogP contribution in [0, 0.1) is 5.82 Å². The summed E-state index contributed by atoms with van der Waals surface area (Å²) in [6.45, 7) is 7.07. The summed E-state index contributed by atoms with van der Waals surface area (Å²) in [5.41, 5.74) is 0.369. The van der Waals surface area contributed by atoms with Gasteiger partial charge in [0.15, 0.2) is 0 Å². The van der Waals surface area contributed by atoms with E-state index in [0.717, 1.165) is 5.56 Å². The van der Waals surface area contributed by atoms with Crippen molar-refractivity contribution in [1.29, 1.82) is 0 Å². The third-order valence-electron chi connectivity index (χ3n) is 3.24. The maximum Gasteiger partial charge on any atom is 0.410 e. The van der Waals surface area contributed by atoms with E-state index in [0.29, 0.717) is 31.1 Å². The minimum absolute atomic E-state index is 0.0201. The molecule has 2 rings (SSSR count). The van der Waals surface area contributed by atoms with Crippen molar-refractivity contribution in [3.05, 3.63) is 34.6 Å². The first kappa shape index (κ1) is 17.0. The van der Waals surface area contributed by atoms with Crippen molar-refractivity contribution in [2.75, 3.05) is 19.7 Å². The van der Waals surface area contributed by atoms with Crippen LogP contribution in [0.25, 0.3) is 0 Å². The molecule has 1 fully saturated rings. The van der Waals surface area contributed by atoms with Gasteiger partial charge in [0, 0.05) is 5.02 Å². The number of carbonyl (C=O) groups excluding carboxylic acids is 1. The number of amides is 1. The van der Waals surface area contributed by atoms with Gasteiger partial charge in [0.1, 0.15) is 11.4 Å². The molecule has 1 aliphatic heterocycles. The van der Waals surface area contributed by atoms with Crippen molar-refractivity contribution in [2.45, 2.75) is 38.9 Å². The summed E-state index contributed by atoms with van der Waals surface area (Å²) in [5.74, 6) is -0.346. The predicted octanol–water partition coefficient (Wildman–Crippen LogP) is 3.66. The van der Waals surface area contributed by atoms with Gasteiger partial charge in [-0.3, -0.25) is 0 Å². The first-order chi connectivity index (χ1) is 10.2. The predicted molar refractivity (Wildman–Crippen MR) is 82.7 cm³/mol. The quantitative estimate of drug-likeness (QED) is 0.846. The maximum atomic E-state index is 12.9. The minimum Gasteiger partial charge on any atom is -0.444 e. The van der Waals surface area contributed by atoms with Gasteiger partial charge in [0.2, 0.25) is 0 Å². The fourth-order valence-corrected chi connectivity index (χ4v) is 2.34. The Labute approximate surface area is 135 Å². The van der Waals surface area contributed by atoms with E-state index < -0.39 is 5.60 Å². The molecule has 0 unspecified atom stereocenters. The van der Waals surface area contributed by atoms with Crippen LogP contribution < -0.4 is 0 Å². The number of rotatable bonds is 4. The lowest BCUT2D eigenvalue weighted by atomic mass is 10.1. The normalized spacial score (nSPS) is 15.6. The number of likely N-dealkylation sites (tertiary alicyclic amines) is 1. The molecule has 1 amide bonds. The Morgan fingerprint density at radius 2 is 2.09 bits per heavy atom. The summed E-state index contributed by atoms with van der Waals surface area (Å²) in [4.78, 5) is 13.4. The maximum absolute atomic E-state index is 12.9. The van der Waals surface area contributed by atoms with Crippen LogP contribution in [0.1, 0.15) is 26.3 Å². The zero-order valence-electron chi connectivity index (χ0n) is 13.1. The molecule has 0 saturated carbocycles. The highest BCUT2D eigenvalue weighted by atomic mass is 35.5. The van der Waals surface area contributed by atoms with Crippen LogP contribution >= 0.6 is 11.6 Å². The molecule has 1 aliphatic rings. The lowest BCUT2D eigenvalue weighted by Gasteiger charge is -2.39. The molecule has 0 radical (unpaired) electrons. The smallest absolute Gasteiger partial charge is 0.410 e. The van der Waals surface area contributed by atoms with E-state index in [2.05, 4.69) is 0 Å².